The van der Waals surface area contributed by atoms with Gasteiger partial charge in [0.05, 0.1) is 17.8 Å². The van der Waals surface area contributed by atoms with Gasteiger partial charge in [0.1, 0.15) is 5.76 Å². The van der Waals surface area contributed by atoms with Crippen molar-refractivity contribution < 1.29 is 9.32 Å². The predicted octanol–water partition coefficient (Wildman–Crippen LogP) is 3.26. The molecule has 4 rings (SSSR count). The van der Waals surface area contributed by atoms with Crippen LogP contribution in [0, 0.1) is 19.8 Å². The Kier molecular flexibility index (Phi) is 5.64. The van der Waals surface area contributed by atoms with Gasteiger partial charge in [0.15, 0.2) is 5.82 Å². The standard InChI is InChI=1S/C22H27N5O2/c1-15-19(16(2)29-26-15)12-22(28)23-14-17-8-10-27(11-9-17)21-13-20(24-25-21)18-6-4-3-5-7-18/h3-7,13,17H,8-12,14H2,1-2H3,(H,23,28)(H,24,25). The van der Waals surface area contributed by atoms with Crippen molar-refractivity contribution in [3.8, 4) is 11.3 Å². The molecular weight excluding hydrogens is 366 g/mol. The van der Waals surface area contributed by atoms with E-state index in [0.717, 1.165) is 60.0 Å². The summed E-state index contributed by atoms with van der Waals surface area (Å²) in [6, 6.07) is 12.3. The highest BCUT2D eigenvalue weighted by atomic mass is 16.5. The number of aryl methyl sites for hydroxylation is 2. The van der Waals surface area contributed by atoms with E-state index in [-0.39, 0.29) is 5.91 Å². The van der Waals surface area contributed by atoms with E-state index in [9.17, 15) is 4.79 Å². The minimum Gasteiger partial charge on any atom is -0.361 e. The maximum Gasteiger partial charge on any atom is 0.224 e. The highest BCUT2D eigenvalue weighted by molar-refractivity contribution is 5.79. The zero-order valence-electron chi connectivity index (χ0n) is 16.9. The first kappa shape index (κ1) is 19.2. The van der Waals surface area contributed by atoms with Gasteiger partial charge in [-0.25, -0.2) is 0 Å². The number of aromatic amines is 1. The van der Waals surface area contributed by atoms with E-state index < -0.39 is 0 Å². The topological polar surface area (TPSA) is 87.0 Å². The van der Waals surface area contributed by atoms with Crippen LogP contribution in [0.3, 0.4) is 0 Å². The fraction of sp³-hybridized carbons (Fsp3) is 0.409. The zero-order chi connectivity index (χ0) is 20.2. The highest BCUT2D eigenvalue weighted by Gasteiger charge is 2.22. The Labute approximate surface area is 170 Å². The SMILES string of the molecule is Cc1noc(C)c1CC(=O)NCC1CCN(c2cc(-c3ccccc3)[nH]n2)CC1. The average molecular weight is 393 g/mol. The highest BCUT2D eigenvalue weighted by Crippen LogP contribution is 2.25. The maximum atomic E-state index is 12.3. The van der Waals surface area contributed by atoms with Gasteiger partial charge in [0.2, 0.25) is 5.91 Å². The third-order valence-electron chi connectivity index (χ3n) is 5.69. The summed E-state index contributed by atoms with van der Waals surface area (Å²) < 4.78 is 5.13. The number of carbonyl (C=O) groups is 1. The molecule has 29 heavy (non-hydrogen) atoms. The molecule has 0 aliphatic carbocycles. The van der Waals surface area contributed by atoms with E-state index in [1.165, 1.54) is 0 Å². The van der Waals surface area contributed by atoms with E-state index in [2.05, 4.69) is 43.8 Å². The second kappa shape index (κ2) is 8.51. The third-order valence-corrected chi connectivity index (χ3v) is 5.69. The summed E-state index contributed by atoms with van der Waals surface area (Å²) >= 11 is 0. The molecule has 1 saturated heterocycles. The number of anilines is 1. The molecular formula is C22H27N5O2. The van der Waals surface area contributed by atoms with Crippen molar-refractivity contribution in [2.24, 2.45) is 5.92 Å². The lowest BCUT2D eigenvalue weighted by Gasteiger charge is -2.32. The molecule has 0 atom stereocenters. The van der Waals surface area contributed by atoms with Crippen molar-refractivity contribution in [2.45, 2.75) is 33.1 Å². The molecule has 1 fully saturated rings. The fourth-order valence-corrected chi connectivity index (χ4v) is 3.84. The fourth-order valence-electron chi connectivity index (χ4n) is 3.84. The Hall–Kier alpha value is -3.09. The molecule has 2 N–H and O–H groups in total. The Morgan fingerprint density at radius 1 is 1.24 bits per heavy atom. The Bertz CT molecular complexity index is 935. The molecule has 1 aliphatic rings. The summed E-state index contributed by atoms with van der Waals surface area (Å²) in [5.41, 5.74) is 3.86. The summed E-state index contributed by atoms with van der Waals surface area (Å²) in [5.74, 6) is 2.23. The smallest absolute Gasteiger partial charge is 0.224 e. The molecule has 0 radical (unpaired) electrons. The van der Waals surface area contributed by atoms with Crippen LogP contribution < -0.4 is 10.2 Å². The number of rotatable bonds is 6. The number of hydrogen-bond acceptors (Lipinski definition) is 5. The van der Waals surface area contributed by atoms with Crippen molar-refractivity contribution in [2.75, 3.05) is 24.5 Å². The van der Waals surface area contributed by atoms with Crippen LogP contribution in [0.25, 0.3) is 11.3 Å². The Morgan fingerprint density at radius 3 is 2.69 bits per heavy atom. The van der Waals surface area contributed by atoms with Gasteiger partial charge in [-0.3, -0.25) is 9.89 Å². The molecule has 7 nitrogen and oxygen atoms in total. The molecule has 0 bridgehead atoms. The number of hydrogen-bond donors (Lipinski definition) is 2. The molecule has 1 aromatic carbocycles. The van der Waals surface area contributed by atoms with Gasteiger partial charge in [-0.2, -0.15) is 5.10 Å². The van der Waals surface area contributed by atoms with E-state index in [1.807, 2.05) is 32.0 Å². The number of nitrogens with one attached hydrogen (secondary N) is 2. The first-order valence-electron chi connectivity index (χ1n) is 10.1. The first-order chi connectivity index (χ1) is 14.1. The summed E-state index contributed by atoms with van der Waals surface area (Å²) in [5, 5.41) is 14.6. The monoisotopic (exact) mass is 393 g/mol. The van der Waals surface area contributed by atoms with Gasteiger partial charge in [0.25, 0.3) is 0 Å². The number of nitrogens with zero attached hydrogens (tertiary/aromatic N) is 3. The van der Waals surface area contributed by atoms with Crippen LogP contribution in [0.15, 0.2) is 40.9 Å². The number of amides is 1. The largest absolute Gasteiger partial charge is 0.361 e. The number of piperidine rings is 1. The van der Waals surface area contributed by atoms with Crippen LogP contribution in [0.4, 0.5) is 5.82 Å². The molecule has 152 valence electrons. The van der Waals surface area contributed by atoms with Gasteiger partial charge >= 0.3 is 0 Å². The van der Waals surface area contributed by atoms with E-state index in [4.69, 9.17) is 4.52 Å². The molecule has 1 amide bonds. The maximum absolute atomic E-state index is 12.3. The summed E-state index contributed by atoms with van der Waals surface area (Å²) in [7, 11) is 0. The lowest BCUT2D eigenvalue weighted by molar-refractivity contribution is -0.120. The van der Waals surface area contributed by atoms with Gasteiger partial charge in [-0.15, -0.1) is 0 Å². The van der Waals surface area contributed by atoms with Crippen LogP contribution >= 0.6 is 0 Å². The number of H-pyrrole nitrogens is 1. The van der Waals surface area contributed by atoms with Crippen LogP contribution in [-0.4, -0.2) is 40.9 Å². The molecule has 2 aromatic heterocycles. The van der Waals surface area contributed by atoms with Gasteiger partial charge in [0, 0.05) is 31.3 Å². The normalized spacial score (nSPS) is 14.9. The molecule has 7 heteroatoms. The quantitative estimate of drug-likeness (QED) is 0.671. The second-order valence-electron chi connectivity index (χ2n) is 7.72. The molecule has 0 spiro atoms. The van der Waals surface area contributed by atoms with Crippen molar-refractivity contribution in [3.63, 3.8) is 0 Å². The Balaban J connectivity index is 1.25. The van der Waals surface area contributed by atoms with E-state index in [1.54, 1.807) is 0 Å². The minimum absolute atomic E-state index is 0.0293. The van der Waals surface area contributed by atoms with Gasteiger partial charge in [-0.1, -0.05) is 35.5 Å². The van der Waals surface area contributed by atoms with Crippen LogP contribution in [0.2, 0.25) is 0 Å². The molecule has 0 saturated carbocycles. The molecule has 3 aromatic rings. The van der Waals surface area contributed by atoms with E-state index >= 15 is 0 Å². The third kappa shape index (κ3) is 4.50. The number of aromatic nitrogens is 3. The van der Waals surface area contributed by atoms with Crippen LogP contribution in [0.5, 0.6) is 0 Å². The first-order valence-corrected chi connectivity index (χ1v) is 10.1. The van der Waals surface area contributed by atoms with Crippen LogP contribution in [0.1, 0.15) is 29.9 Å². The Morgan fingerprint density at radius 2 is 2.00 bits per heavy atom. The number of carbonyl (C=O) groups excluding carboxylic acids is 1. The van der Waals surface area contributed by atoms with E-state index in [0.29, 0.717) is 18.9 Å². The molecule has 0 unspecified atom stereocenters. The lowest BCUT2D eigenvalue weighted by atomic mass is 9.96. The summed E-state index contributed by atoms with van der Waals surface area (Å²) in [6.45, 7) is 6.32. The van der Waals surface area contributed by atoms with Gasteiger partial charge in [-0.05, 0) is 38.2 Å². The minimum atomic E-state index is 0.0293. The zero-order valence-corrected chi connectivity index (χ0v) is 16.9. The predicted molar refractivity (Wildman–Crippen MR) is 112 cm³/mol. The van der Waals surface area contributed by atoms with Gasteiger partial charge < -0.3 is 14.7 Å². The number of benzene rings is 1. The summed E-state index contributed by atoms with van der Waals surface area (Å²) in [6.07, 6.45) is 2.41. The van der Waals surface area contributed by atoms with Crippen molar-refractivity contribution >= 4 is 11.7 Å². The molecule has 3 heterocycles. The lowest BCUT2D eigenvalue weighted by Crippen LogP contribution is -2.39. The second-order valence-corrected chi connectivity index (χ2v) is 7.72. The molecule has 1 aliphatic heterocycles. The van der Waals surface area contributed by atoms with Crippen molar-refractivity contribution in [1.82, 2.24) is 20.7 Å². The van der Waals surface area contributed by atoms with Crippen LogP contribution in [-0.2, 0) is 11.2 Å². The average Bonchev–Trinajstić information content (AvgIpc) is 3.36. The van der Waals surface area contributed by atoms with Crippen molar-refractivity contribution in [1.29, 1.82) is 0 Å². The summed E-state index contributed by atoms with van der Waals surface area (Å²) in [4.78, 5) is 14.6. The van der Waals surface area contributed by atoms with Crippen molar-refractivity contribution in [3.05, 3.63) is 53.4 Å².